The van der Waals surface area contributed by atoms with Crippen LogP contribution in [0.15, 0.2) is 36.5 Å². The maximum absolute atomic E-state index is 11.0. The number of likely N-dealkylation sites (N-methyl/N-ethyl adjacent to an activating group) is 1. The van der Waals surface area contributed by atoms with Gasteiger partial charge in [0.25, 0.3) is 0 Å². The summed E-state index contributed by atoms with van der Waals surface area (Å²) in [4.78, 5) is 21.7. The Labute approximate surface area is 136 Å². The van der Waals surface area contributed by atoms with E-state index in [4.69, 9.17) is 0 Å². The van der Waals surface area contributed by atoms with Gasteiger partial charge in [-0.25, -0.2) is 4.98 Å². The molecule has 1 aromatic carbocycles. The van der Waals surface area contributed by atoms with Crippen LogP contribution in [-0.2, 0) is 4.79 Å². The predicted molar refractivity (Wildman–Crippen MR) is 93.1 cm³/mol. The Balaban J connectivity index is 1.95. The van der Waals surface area contributed by atoms with Crippen molar-refractivity contribution in [2.45, 2.75) is 6.92 Å². The minimum absolute atomic E-state index is 0.0921. The first-order valence-corrected chi connectivity index (χ1v) is 7.39. The number of carbonyl (C=O) groups is 1. The minimum Gasteiger partial charge on any atom is -0.369 e. The largest absolute Gasteiger partial charge is 0.369 e. The van der Waals surface area contributed by atoms with E-state index in [1.165, 1.54) is 6.92 Å². The summed E-state index contributed by atoms with van der Waals surface area (Å²) in [5, 5.41) is 9.12. The second kappa shape index (κ2) is 8.09. The second-order valence-electron chi connectivity index (χ2n) is 5.38. The monoisotopic (exact) mass is 314 g/mol. The van der Waals surface area contributed by atoms with Crippen molar-refractivity contribution in [2.75, 3.05) is 43.1 Å². The molecule has 0 spiro atoms. The zero-order valence-electron chi connectivity index (χ0n) is 13.6. The summed E-state index contributed by atoms with van der Waals surface area (Å²) in [7, 11) is 4.05. The van der Waals surface area contributed by atoms with Gasteiger partial charge in [-0.2, -0.15) is 4.98 Å². The summed E-state index contributed by atoms with van der Waals surface area (Å²) in [5.74, 6) is 1.21. The molecule has 2 rings (SSSR count). The highest BCUT2D eigenvalue weighted by atomic mass is 16.1. The van der Waals surface area contributed by atoms with Crippen molar-refractivity contribution >= 4 is 29.0 Å². The molecule has 0 unspecified atom stereocenters. The van der Waals surface area contributed by atoms with Crippen LogP contribution in [0.4, 0.5) is 23.1 Å². The van der Waals surface area contributed by atoms with Gasteiger partial charge >= 0.3 is 0 Å². The van der Waals surface area contributed by atoms with Gasteiger partial charge in [0.05, 0.1) is 0 Å². The highest BCUT2D eigenvalue weighted by Gasteiger charge is 2.01. The number of hydrogen-bond donors (Lipinski definition) is 3. The third-order valence-electron chi connectivity index (χ3n) is 2.98. The first-order chi connectivity index (χ1) is 11.0. The fourth-order valence-electron chi connectivity index (χ4n) is 1.89. The molecule has 0 fully saturated rings. The van der Waals surface area contributed by atoms with E-state index in [1.54, 1.807) is 6.20 Å². The van der Waals surface area contributed by atoms with Crippen molar-refractivity contribution in [1.82, 2.24) is 14.9 Å². The molecule has 0 bridgehead atoms. The molecule has 3 N–H and O–H groups in total. The van der Waals surface area contributed by atoms with Crippen molar-refractivity contribution < 1.29 is 4.79 Å². The zero-order valence-corrected chi connectivity index (χ0v) is 13.6. The van der Waals surface area contributed by atoms with E-state index >= 15 is 0 Å². The highest BCUT2D eigenvalue weighted by molar-refractivity contribution is 5.88. The van der Waals surface area contributed by atoms with Crippen LogP contribution in [0.2, 0.25) is 0 Å². The number of carbonyl (C=O) groups excluding carboxylic acids is 1. The lowest BCUT2D eigenvalue weighted by Gasteiger charge is -2.11. The first kappa shape index (κ1) is 16.7. The molecular weight excluding hydrogens is 292 g/mol. The lowest BCUT2D eigenvalue weighted by atomic mass is 10.3. The minimum atomic E-state index is -0.0921. The molecule has 2 aromatic rings. The van der Waals surface area contributed by atoms with Gasteiger partial charge < -0.3 is 20.9 Å². The van der Waals surface area contributed by atoms with Crippen LogP contribution in [0.5, 0.6) is 0 Å². The smallest absolute Gasteiger partial charge is 0.229 e. The Kier molecular flexibility index (Phi) is 5.87. The number of amides is 1. The maximum atomic E-state index is 11.0. The number of nitrogens with one attached hydrogen (secondary N) is 3. The van der Waals surface area contributed by atoms with Crippen molar-refractivity contribution in [3.63, 3.8) is 0 Å². The summed E-state index contributed by atoms with van der Waals surface area (Å²) in [6.45, 7) is 3.22. The molecule has 1 heterocycles. The standard InChI is InChI=1S/C16H22N6O/c1-12(23)19-13-4-6-14(7-5-13)20-16-18-9-8-15(21-16)17-10-11-22(2)3/h4-9H,10-11H2,1-3H3,(H,19,23)(H2,17,18,20,21). The third-order valence-corrected chi connectivity index (χ3v) is 2.98. The van der Waals surface area contributed by atoms with E-state index < -0.39 is 0 Å². The van der Waals surface area contributed by atoms with Gasteiger partial charge in [-0.15, -0.1) is 0 Å². The van der Waals surface area contributed by atoms with E-state index in [0.717, 1.165) is 30.3 Å². The van der Waals surface area contributed by atoms with Crippen LogP contribution in [0.3, 0.4) is 0 Å². The lowest BCUT2D eigenvalue weighted by molar-refractivity contribution is -0.114. The molecule has 1 amide bonds. The first-order valence-electron chi connectivity index (χ1n) is 7.39. The van der Waals surface area contributed by atoms with E-state index in [2.05, 4.69) is 30.8 Å². The number of nitrogens with zero attached hydrogens (tertiary/aromatic N) is 3. The molecule has 0 saturated heterocycles. The highest BCUT2D eigenvalue weighted by Crippen LogP contribution is 2.17. The average molecular weight is 314 g/mol. The lowest BCUT2D eigenvalue weighted by Crippen LogP contribution is -2.21. The van der Waals surface area contributed by atoms with Crippen molar-refractivity contribution in [1.29, 1.82) is 0 Å². The van der Waals surface area contributed by atoms with Gasteiger partial charge in [0.2, 0.25) is 11.9 Å². The summed E-state index contributed by atoms with van der Waals surface area (Å²) in [6, 6.07) is 9.20. The van der Waals surface area contributed by atoms with Gasteiger partial charge in [0.15, 0.2) is 0 Å². The number of anilines is 4. The van der Waals surface area contributed by atoms with Gasteiger partial charge in [0, 0.05) is 37.6 Å². The summed E-state index contributed by atoms with van der Waals surface area (Å²) >= 11 is 0. The molecular formula is C16H22N6O. The molecule has 23 heavy (non-hydrogen) atoms. The predicted octanol–water partition coefficient (Wildman–Crippen LogP) is 2.15. The van der Waals surface area contributed by atoms with Crippen LogP contribution in [-0.4, -0.2) is 48.0 Å². The Morgan fingerprint density at radius 2 is 1.83 bits per heavy atom. The molecule has 0 saturated carbocycles. The van der Waals surface area contributed by atoms with Gasteiger partial charge in [0.1, 0.15) is 5.82 Å². The average Bonchev–Trinajstić information content (AvgIpc) is 2.49. The normalized spacial score (nSPS) is 10.4. The van der Waals surface area contributed by atoms with Gasteiger partial charge in [-0.1, -0.05) is 0 Å². The molecule has 0 aliphatic rings. The number of aromatic nitrogens is 2. The fraction of sp³-hybridized carbons (Fsp3) is 0.312. The van der Waals surface area contributed by atoms with E-state index in [-0.39, 0.29) is 5.91 Å². The number of rotatable bonds is 7. The van der Waals surface area contributed by atoms with Crippen molar-refractivity contribution in [2.24, 2.45) is 0 Å². The van der Waals surface area contributed by atoms with Crippen LogP contribution < -0.4 is 16.0 Å². The molecule has 0 aliphatic heterocycles. The summed E-state index contributed by atoms with van der Waals surface area (Å²) < 4.78 is 0. The quantitative estimate of drug-likeness (QED) is 0.726. The van der Waals surface area contributed by atoms with E-state index in [0.29, 0.717) is 5.95 Å². The Bertz CT molecular complexity index is 641. The second-order valence-corrected chi connectivity index (χ2v) is 5.38. The molecule has 0 atom stereocenters. The van der Waals surface area contributed by atoms with Crippen molar-refractivity contribution in [3.05, 3.63) is 36.5 Å². The zero-order chi connectivity index (χ0) is 16.7. The van der Waals surface area contributed by atoms with Gasteiger partial charge in [-0.3, -0.25) is 4.79 Å². The number of benzene rings is 1. The summed E-state index contributed by atoms with van der Waals surface area (Å²) in [5.41, 5.74) is 1.60. The van der Waals surface area contributed by atoms with Crippen LogP contribution in [0.1, 0.15) is 6.92 Å². The third kappa shape index (κ3) is 5.91. The Morgan fingerprint density at radius 1 is 1.13 bits per heavy atom. The van der Waals surface area contributed by atoms with Crippen LogP contribution >= 0.6 is 0 Å². The summed E-state index contributed by atoms with van der Waals surface area (Å²) in [6.07, 6.45) is 1.71. The molecule has 122 valence electrons. The molecule has 0 radical (unpaired) electrons. The Hall–Kier alpha value is -2.67. The van der Waals surface area contributed by atoms with Gasteiger partial charge in [-0.05, 0) is 44.4 Å². The molecule has 1 aromatic heterocycles. The maximum Gasteiger partial charge on any atom is 0.229 e. The number of hydrogen-bond acceptors (Lipinski definition) is 6. The van der Waals surface area contributed by atoms with Crippen LogP contribution in [0.25, 0.3) is 0 Å². The van der Waals surface area contributed by atoms with Crippen molar-refractivity contribution in [3.8, 4) is 0 Å². The van der Waals surface area contributed by atoms with E-state index in [1.807, 2.05) is 44.4 Å². The fourth-order valence-corrected chi connectivity index (χ4v) is 1.89. The molecule has 0 aliphatic carbocycles. The molecule has 7 heteroatoms. The topological polar surface area (TPSA) is 82.2 Å². The Morgan fingerprint density at radius 3 is 2.48 bits per heavy atom. The SMILES string of the molecule is CC(=O)Nc1ccc(Nc2nccc(NCCN(C)C)n2)cc1. The van der Waals surface area contributed by atoms with Crippen LogP contribution in [0, 0.1) is 0 Å². The molecule has 7 nitrogen and oxygen atoms in total. The van der Waals surface area contributed by atoms with E-state index in [9.17, 15) is 4.79 Å².